The van der Waals surface area contributed by atoms with Gasteiger partial charge in [-0.25, -0.2) is 8.42 Å². The number of rotatable bonds is 5. The standard InChI is InChI=1S/C14H15NO4S2/c15-7-11-3-1-2-4-12(11)8-19-14(16)9-20-13-5-6-21(17,18)10-13/h1-4,13H,5-6,8-10H2/t13-/m1/s1. The first-order valence-electron chi connectivity index (χ1n) is 6.46. The molecule has 0 unspecified atom stereocenters. The van der Waals surface area contributed by atoms with E-state index in [1.165, 1.54) is 11.8 Å². The molecule has 21 heavy (non-hydrogen) atoms. The molecule has 1 aromatic carbocycles. The topological polar surface area (TPSA) is 84.2 Å². The van der Waals surface area contributed by atoms with E-state index < -0.39 is 15.8 Å². The molecule has 1 atom stereocenters. The fraction of sp³-hybridized carbons (Fsp3) is 0.429. The number of nitrogens with zero attached hydrogens (tertiary/aromatic N) is 1. The molecule has 0 radical (unpaired) electrons. The van der Waals surface area contributed by atoms with Crippen LogP contribution in [-0.4, -0.2) is 36.9 Å². The van der Waals surface area contributed by atoms with Crippen LogP contribution in [0.5, 0.6) is 0 Å². The lowest BCUT2D eigenvalue weighted by molar-refractivity contribution is -0.141. The van der Waals surface area contributed by atoms with Gasteiger partial charge in [0.15, 0.2) is 9.84 Å². The second-order valence-corrected chi connectivity index (χ2v) is 8.28. The molecule has 0 N–H and O–H groups in total. The summed E-state index contributed by atoms with van der Waals surface area (Å²) in [7, 11) is -2.92. The highest BCUT2D eigenvalue weighted by Gasteiger charge is 2.28. The lowest BCUT2D eigenvalue weighted by Crippen LogP contribution is -2.13. The first kappa shape index (κ1) is 15.9. The van der Waals surface area contributed by atoms with Crippen LogP contribution in [0.1, 0.15) is 17.5 Å². The highest BCUT2D eigenvalue weighted by molar-refractivity contribution is 8.02. The zero-order valence-corrected chi connectivity index (χ0v) is 13.0. The van der Waals surface area contributed by atoms with E-state index in [0.29, 0.717) is 17.5 Å². The van der Waals surface area contributed by atoms with Gasteiger partial charge < -0.3 is 4.74 Å². The Morgan fingerprint density at radius 2 is 2.19 bits per heavy atom. The van der Waals surface area contributed by atoms with Crippen LogP contribution in [0, 0.1) is 11.3 Å². The van der Waals surface area contributed by atoms with Crippen molar-refractivity contribution >= 4 is 27.6 Å². The predicted molar refractivity (Wildman–Crippen MR) is 80.5 cm³/mol. The van der Waals surface area contributed by atoms with Gasteiger partial charge >= 0.3 is 5.97 Å². The lowest BCUT2D eigenvalue weighted by atomic mass is 10.1. The molecule has 7 heteroatoms. The Morgan fingerprint density at radius 1 is 1.43 bits per heavy atom. The smallest absolute Gasteiger partial charge is 0.316 e. The van der Waals surface area contributed by atoms with Gasteiger partial charge in [0.1, 0.15) is 6.61 Å². The molecule has 0 amide bonds. The molecule has 1 heterocycles. The summed E-state index contributed by atoms with van der Waals surface area (Å²) in [5.74, 6) is 0.0869. The van der Waals surface area contributed by atoms with Gasteiger partial charge in [0.05, 0.1) is 28.9 Å². The minimum atomic E-state index is -2.92. The molecular formula is C14H15NO4S2. The second kappa shape index (κ2) is 6.96. The van der Waals surface area contributed by atoms with E-state index in [0.717, 1.165) is 0 Å². The summed E-state index contributed by atoms with van der Waals surface area (Å²) < 4.78 is 27.7. The zero-order valence-electron chi connectivity index (χ0n) is 11.3. The SMILES string of the molecule is N#Cc1ccccc1COC(=O)CS[C@@H]1CCS(=O)(=O)C1. The van der Waals surface area contributed by atoms with Crippen molar-refractivity contribution in [3.05, 3.63) is 35.4 Å². The predicted octanol–water partition coefficient (Wildman–Crippen LogP) is 1.52. The molecule has 0 aromatic heterocycles. The third kappa shape index (κ3) is 4.76. The quantitative estimate of drug-likeness (QED) is 0.763. The number of sulfone groups is 1. The molecule has 112 valence electrons. The molecule has 0 saturated carbocycles. The van der Waals surface area contributed by atoms with E-state index >= 15 is 0 Å². The number of ether oxygens (including phenoxy) is 1. The minimum Gasteiger partial charge on any atom is -0.460 e. The molecule has 0 bridgehead atoms. The minimum absolute atomic E-state index is 0.0195. The number of benzene rings is 1. The number of nitriles is 1. The van der Waals surface area contributed by atoms with Crippen molar-refractivity contribution in [2.75, 3.05) is 17.3 Å². The summed E-state index contributed by atoms with van der Waals surface area (Å²) in [6.45, 7) is 0.0616. The summed E-state index contributed by atoms with van der Waals surface area (Å²) in [6.07, 6.45) is 0.595. The molecule has 1 aliphatic rings. The van der Waals surface area contributed by atoms with Crippen molar-refractivity contribution in [3.63, 3.8) is 0 Å². The van der Waals surface area contributed by atoms with Crippen molar-refractivity contribution in [2.45, 2.75) is 18.3 Å². The molecule has 1 aromatic rings. The summed E-state index contributed by atoms with van der Waals surface area (Å²) in [5, 5.41) is 8.91. The van der Waals surface area contributed by atoms with Gasteiger partial charge in [-0.05, 0) is 12.5 Å². The van der Waals surface area contributed by atoms with Crippen LogP contribution in [0.3, 0.4) is 0 Å². The largest absolute Gasteiger partial charge is 0.460 e. The highest BCUT2D eigenvalue weighted by atomic mass is 32.2. The van der Waals surface area contributed by atoms with E-state index in [9.17, 15) is 13.2 Å². The third-order valence-corrected chi connectivity index (χ3v) is 6.41. The Morgan fingerprint density at radius 3 is 2.86 bits per heavy atom. The molecule has 1 saturated heterocycles. The molecule has 2 rings (SSSR count). The van der Waals surface area contributed by atoms with Crippen molar-refractivity contribution in [2.24, 2.45) is 0 Å². The maximum atomic E-state index is 11.7. The van der Waals surface area contributed by atoms with Crippen LogP contribution in [0.15, 0.2) is 24.3 Å². The van der Waals surface area contributed by atoms with E-state index in [2.05, 4.69) is 0 Å². The van der Waals surface area contributed by atoms with Crippen LogP contribution in [0.25, 0.3) is 0 Å². The van der Waals surface area contributed by atoms with Crippen molar-refractivity contribution in [3.8, 4) is 6.07 Å². The summed E-state index contributed by atoms with van der Waals surface area (Å²) in [6, 6.07) is 8.98. The Kier molecular flexibility index (Phi) is 5.26. The van der Waals surface area contributed by atoms with E-state index in [-0.39, 0.29) is 29.1 Å². The first-order chi connectivity index (χ1) is 10.00. The van der Waals surface area contributed by atoms with Gasteiger partial charge in [-0.3, -0.25) is 4.79 Å². The van der Waals surface area contributed by atoms with E-state index in [1.54, 1.807) is 24.3 Å². The number of carbonyl (C=O) groups is 1. The fourth-order valence-corrected chi connectivity index (χ4v) is 5.47. The van der Waals surface area contributed by atoms with Gasteiger partial charge in [0, 0.05) is 10.8 Å². The number of thioether (sulfide) groups is 1. The van der Waals surface area contributed by atoms with Crippen LogP contribution in [-0.2, 0) is 26.0 Å². The maximum Gasteiger partial charge on any atom is 0.316 e. The monoisotopic (exact) mass is 325 g/mol. The Balaban J connectivity index is 1.77. The van der Waals surface area contributed by atoms with Crippen molar-refractivity contribution in [1.29, 1.82) is 5.26 Å². The summed E-state index contributed by atoms with van der Waals surface area (Å²) in [4.78, 5) is 11.7. The zero-order chi connectivity index (χ0) is 15.3. The number of hydrogen-bond acceptors (Lipinski definition) is 6. The maximum absolute atomic E-state index is 11.7. The normalized spacial score (nSPS) is 19.9. The van der Waals surface area contributed by atoms with Crippen LogP contribution in [0.4, 0.5) is 0 Å². The van der Waals surface area contributed by atoms with Crippen LogP contribution in [0.2, 0.25) is 0 Å². The van der Waals surface area contributed by atoms with Crippen LogP contribution >= 0.6 is 11.8 Å². The third-order valence-electron chi connectivity index (χ3n) is 3.15. The Labute approximate surface area is 128 Å². The molecule has 1 fully saturated rings. The number of esters is 1. The highest BCUT2D eigenvalue weighted by Crippen LogP contribution is 2.24. The fourth-order valence-electron chi connectivity index (χ4n) is 2.03. The van der Waals surface area contributed by atoms with E-state index in [1.807, 2.05) is 6.07 Å². The van der Waals surface area contributed by atoms with Crippen LogP contribution < -0.4 is 0 Å². The number of hydrogen-bond donors (Lipinski definition) is 0. The second-order valence-electron chi connectivity index (χ2n) is 4.77. The first-order valence-corrected chi connectivity index (χ1v) is 9.33. The lowest BCUT2D eigenvalue weighted by Gasteiger charge is -2.08. The average Bonchev–Trinajstić information content (AvgIpc) is 2.82. The van der Waals surface area contributed by atoms with E-state index in [4.69, 9.17) is 10.00 Å². The molecule has 1 aliphatic heterocycles. The van der Waals surface area contributed by atoms with Gasteiger partial charge in [-0.2, -0.15) is 5.26 Å². The molecule has 5 nitrogen and oxygen atoms in total. The van der Waals surface area contributed by atoms with Gasteiger partial charge in [-0.15, -0.1) is 11.8 Å². The van der Waals surface area contributed by atoms with Crippen molar-refractivity contribution < 1.29 is 17.9 Å². The molecule has 0 spiro atoms. The van der Waals surface area contributed by atoms with Gasteiger partial charge in [0.2, 0.25) is 0 Å². The summed E-state index contributed by atoms with van der Waals surface area (Å²) >= 11 is 1.32. The molecule has 0 aliphatic carbocycles. The Hall–Kier alpha value is -1.52. The molecular weight excluding hydrogens is 310 g/mol. The number of carbonyl (C=O) groups excluding carboxylic acids is 1. The van der Waals surface area contributed by atoms with Crippen molar-refractivity contribution in [1.82, 2.24) is 0 Å². The van der Waals surface area contributed by atoms with Gasteiger partial charge in [-0.1, -0.05) is 18.2 Å². The summed E-state index contributed by atoms with van der Waals surface area (Å²) in [5.41, 5.74) is 1.15. The average molecular weight is 325 g/mol. The Bertz CT molecular complexity index is 664. The van der Waals surface area contributed by atoms with Gasteiger partial charge in [0.25, 0.3) is 0 Å².